The van der Waals surface area contributed by atoms with Crippen molar-refractivity contribution in [1.82, 2.24) is 5.32 Å². The molecule has 0 aliphatic rings. The summed E-state index contributed by atoms with van der Waals surface area (Å²) in [5, 5.41) is 7.10. The van der Waals surface area contributed by atoms with Crippen molar-refractivity contribution in [3.63, 3.8) is 0 Å². The molecule has 88 valence electrons. The lowest BCUT2D eigenvalue weighted by molar-refractivity contribution is 0.0951. The van der Waals surface area contributed by atoms with E-state index in [4.69, 9.17) is 0 Å². The zero-order chi connectivity index (χ0) is 12.3. The first-order chi connectivity index (χ1) is 8.16. The second-order valence-corrected chi connectivity index (χ2v) is 5.76. The molecule has 0 spiro atoms. The van der Waals surface area contributed by atoms with Crippen LogP contribution in [0.5, 0.6) is 0 Å². The van der Waals surface area contributed by atoms with E-state index in [1.165, 1.54) is 11.1 Å². The van der Waals surface area contributed by atoms with Crippen LogP contribution in [0.15, 0.2) is 35.0 Å². The van der Waals surface area contributed by atoms with Gasteiger partial charge in [0.25, 0.3) is 5.91 Å². The standard InChI is InChI=1S/C13H12INOS/c1-9-7-17-8-11(9)6-15-13(16)10-3-2-4-12(14)5-10/h2-5,7-8H,6H2,1H3,(H,15,16). The molecule has 17 heavy (non-hydrogen) atoms. The van der Waals surface area contributed by atoms with Crippen molar-refractivity contribution in [2.75, 3.05) is 0 Å². The average Bonchev–Trinajstić information content (AvgIpc) is 2.72. The molecule has 0 aliphatic carbocycles. The Morgan fingerprint density at radius 3 is 2.88 bits per heavy atom. The van der Waals surface area contributed by atoms with Crippen molar-refractivity contribution in [3.8, 4) is 0 Å². The molecule has 0 saturated heterocycles. The molecule has 0 atom stereocenters. The number of thiophene rings is 1. The van der Waals surface area contributed by atoms with Gasteiger partial charge in [-0.15, -0.1) is 0 Å². The molecule has 0 radical (unpaired) electrons. The molecule has 2 rings (SSSR count). The predicted molar refractivity (Wildman–Crippen MR) is 79.4 cm³/mol. The average molecular weight is 357 g/mol. The van der Waals surface area contributed by atoms with Gasteiger partial charge in [0.05, 0.1) is 0 Å². The Morgan fingerprint density at radius 2 is 2.24 bits per heavy atom. The molecule has 1 aromatic heterocycles. The minimum Gasteiger partial charge on any atom is -0.348 e. The number of benzene rings is 1. The van der Waals surface area contributed by atoms with Gasteiger partial charge in [0, 0.05) is 15.7 Å². The van der Waals surface area contributed by atoms with Gasteiger partial charge in [0.1, 0.15) is 0 Å². The summed E-state index contributed by atoms with van der Waals surface area (Å²) in [6.07, 6.45) is 0. The summed E-state index contributed by atoms with van der Waals surface area (Å²) >= 11 is 3.87. The van der Waals surface area contributed by atoms with Crippen LogP contribution in [-0.2, 0) is 6.54 Å². The highest BCUT2D eigenvalue weighted by Gasteiger charge is 2.06. The Kier molecular flexibility index (Phi) is 4.17. The Hall–Kier alpha value is -0.880. The van der Waals surface area contributed by atoms with E-state index in [0.29, 0.717) is 12.1 Å². The summed E-state index contributed by atoms with van der Waals surface area (Å²) in [5.41, 5.74) is 3.14. The molecule has 0 unspecified atom stereocenters. The van der Waals surface area contributed by atoms with Crippen LogP contribution in [0.4, 0.5) is 0 Å². The Labute approximate surface area is 118 Å². The van der Waals surface area contributed by atoms with Crippen LogP contribution < -0.4 is 5.32 Å². The molecule has 0 bridgehead atoms. The minimum atomic E-state index is -0.0193. The van der Waals surface area contributed by atoms with Crippen molar-refractivity contribution in [2.24, 2.45) is 0 Å². The monoisotopic (exact) mass is 357 g/mol. The third kappa shape index (κ3) is 3.29. The van der Waals surface area contributed by atoms with Crippen molar-refractivity contribution in [2.45, 2.75) is 13.5 Å². The molecular formula is C13H12INOS. The second-order valence-electron chi connectivity index (χ2n) is 3.77. The third-order valence-corrected chi connectivity index (χ3v) is 4.07. The van der Waals surface area contributed by atoms with Gasteiger partial charge < -0.3 is 5.32 Å². The van der Waals surface area contributed by atoms with Gasteiger partial charge in [-0.2, -0.15) is 11.3 Å². The second kappa shape index (κ2) is 5.64. The van der Waals surface area contributed by atoms with Crippen LogP contribution in [0, 0.1) is 10.5 Å². The topological polar surface area (TPSA) is 29.1 Å². The first-order valence-corrected chi connectivity index (χ1v) is 7.24. The van der Waals surface area contributed by atoms with Crippen molar-refractivity contribution in [3.05, 3.63) is 55.3 Å². The van der Waals surface area contributed by atoms with Crippen LogP contribution >= 0.6 is 33.9 Å². The normalized spacial score (nSPS) is 10.2. The van der Waals surface area contributed by atoms with Gasteiger partial charge in [-0.1, -0.05) is 6.07 Å². The summed E-state index contributed by atoms with van der Waals surface area (Å²) < 4.78 is 1.07. The summed E-state index contributed by atoms with van der Waals surface area (Å²) in [7, 11) is 0. The zero-order valence-electron chi connectivity index (χ0n) is 9.37. The summed E-state index contributed by atoms with van der Waals surface area (Å²) in [6, 6.07) is 7.58. The van der Waals surface area contributed by atoms with Crippen LogP contribution in [0.2, 0.25) is 0 Å². The number of halogens is 1. The summed E-state index contributed by atoms with van der Waals surface area (Å²) in [6.45, 7) is 2.66. The fourth-order valence-corrected chi connectivity index (χ4v) is 2.88. The first kappa shape index (κ1) is 12.6. The third-order valence-electron chi connectivity index (χ3n) is 2.49. The molecular weight excluding hydrogens is 345 g/mol. The van der Waals surface area contributed by atoms with E-state index >= 15 is 0 Å². The molecule has 1 amide bonds. The number of aryl methyl sites for hydroxylation is 1. The number of hydrogen-bond acceptors (Lipinski definition) is 2. The Morgan fingerprint density at radius 1 is 1.41 bits per heavy atom. The molecule has 2 aromatic rings. The number of carbonyl (C=O) groups excluding carboxylic acids is 1. The minimum absolute atomic E-state index is 0.0193. The molecule has 1 aromatic carbocycles. The SMILES string of the molecule is Cc1cscc1CNC(=O)c1cccc(I)c1. The van der Waals surface area contributed by atoms with Crippen LogP contribution in [0.25, 0.3) is 0 Å². The maximum Gasteiger partial charge on any atom is 0.251 e. The van der Waals surface area contributed by atoms with E-state index in [-0.39, 0.29) is 5.91 Å². The zero-order valence-corrected chi connectivity index (χ0v) is 12.3. The summed E-state index contributed by atoms with van der Waals surface area (Å²) in [5.74, 6) is -0.0193. The van der Waals surface area contributed by atoms with E-state index in [1.54, 1.807) is 11.3 Å². The highest BCUT2D eigenvalue weighted by Crippen LogP contribution is 2.13. The van der Waals surface area contributed by atoms with Crippen LogP contribution in [0.3, 0.4) is 0 Å². The smallest absolute Gasteiger partial charge is 0.251 e. The van der Waals surface area contributed by atoms with Crippen molar-refractivity contribution >= 4 is 39.8 Å². The Bertz CT molecular complexity index is 536. The van der Waals surface area contributed by atoms with Gasteiger partial charge in [-0.05, 0) is 69.6 Å². The van der Waals surface area contributed by atoms with E-state index < -0.39 is 0 Å². The lowest BCUT2D eigenvalue weighted by Gasteiger charge is -2.05. The van der Waals surface area contributed by atoms with Gasteiger partial charge in [0.2, 0.25) is 0 Å². The molecule has 4 heteroatoms. The number of hydrogen-bond donors (Lipinski definition) is 1. The largest absolute Gasteiger partial charge is 0.348 e. The van der Waals surface area contributed by atoms with Crippen molar-refractivity contribution < 1.29 is 4.79 Å². The van der Waals surface area contributed by atoms with Gasteiger partial charge >= 0.3 is 0 Å². The highest BCUT2D eigenvalue weighted by molar-refractivity contribution is 14.1. The summed E-state index contributed by atoms with van der Waals surface area (Å²) in [4.78, 5) is 11.9. The maximum absolute atomic E-state index is 11.9. The van der Waals surface area contributed by atoms with Gasteiger partial charge in [-0.25, -0.2) is 0 Å². The first-order valence-electron chi connectivity index (χ1n) is 5.22. The number of carbonyl (C=O) groups is 1. The van der Waals surface area contributed by atoms with Crippen molar-refractivity contribution in [1.29, 1.82) is 0 Å². The number of nitrogens with one attached hydrogen (secondary N) is 1. The molecule has 1 heterocycles. The fraction of sp³-hybridized carbons (Fsp3) is 0.154. The van der Waals surface area contributed by atoms with E-state index in [2.05, 4.69) is 45.6 Å². The molecule has 0 aliphatic heterocycles. The van der Waals surface area contributed by atoms with Crippen LogP contribution in [-0.4, -0.2) is 5.91 Å². The Balaban J connectivity index is 2.01. The highest BCUT2D eigenvalue weighted by atomic mass is 127. The lowest BCUT2D eigenvalue weighted by atomic mass is 10.2. The molecule has 2 nitrogen and oxygen atoms in total. The molecule has 0 saturated carbocycles. The number of amides is 1. The van der Waals surface area contributed by atoms with E-state index in [9.17, 15) is 4.79 Å². The van der Waals surface area contributed by atoms with Gasteiger partial charge in [0.15, 0.2) is 0 Å². The lowest BCUT2D eigenvalue weighted by Crippen LogP contribution is -2.22. The maximum atomic E-state index is 11.9. The van der Waals surface area contributed by atoms with E-state index in [0.717, 1.165) is 3.57 Å². The molecule has 1 N–H and O–H groups in total. The quantitative estimate of drug-likeness (QED) is 0.836. The van der Waals surface area contributed by atoms with Gasteiger partial charge in [-0.3, -0.25) is 4.79 Å². The van der Waals surface area contributed by atoms with Crippen LogP contribution in [0.1, 0.15) is 21.5 Å². The predicted octanol–water partition coefficient (Wildman–Crippen LogP) is 3.59. The van der Waals surface area contributed by atoms with E-state index in [1.807, 2.05) is 24.3 Å². The number of rotatable bonds is 3. The fourth-order valence-electron chi connectivity index (χ4n) is 1.48. The molecule has 0 fully saturated rings.